The minimum absolute atomic E-state index is 0.187. The van der Waals surface area contributed by atoms with E-state index in [4.69, 9.17) is 9.05 Å². The molecular weight excluding hydrogens is 251 g/mol. The zero-order chi connectivity index (χ0) is 14.1. The quantitative estimate of drug-likeness (QED) is 0.454. The Labute approximate surface area is 112 Å². The molecule has 5 nitrogen and oxygen atoms in total. The lowest BCUT2D eigenvalue weighted by Crippen LogP contribution is -2.35. The molecule has 0 N–H and O–H groups in total. The molecule has 0 aliphatic rings. The molecule has 0 aromatic heterocycles. The van der Waals surface area contributed by atoms with Crippen LogP contribution in [0, 0.1) is 0 Å². The van der Waals surface area contributed by atoms with Crippen molar-refractivity contribution in [3.05, 3.63) is 0 Å². The predicted molar refractivity (Wildman–Crippen MR) is 74.5 cm³/mol. The smallest absolute Gasteiger partial charge is 0.275 e. The molecule has 0 bridgehead atoms. The van der Waals surface area contributed by atoms with E-state index in [9.17, 15) is 4.57 Å². The summed E-state index contributed by atoms with van der Waals surface area (Å²) in [6.07, 6.45) is -0.375. The van der Waals surface area contributed by atoms with Crippen LogP contribution in [0.3, 0.4) is 0 Å². The second-order valence-corrected chi connectivity index (χ2v) is 4.94. The fourth-order valence-corrected chi connectivity index (χ4v) is 2.70. The molecule has 0 saturated carbocycles. The lowest BCUT2D eigenvalue weighted by molar-refractivity contribution is 0.00340. The van der Waals surface area contributed by atoms with Gasteiger partial charge in [0.25, 0.3) is 0 Å². The molecule has 0 aliphatic carbocycles. The van der Waals surface area contributed by atoms with Crippen molar-refractivity contribution in [1.82, 2.24) is 9.80 Å². The Bertz CT molecular complexity index is 211. The normalized spacial score (nSPS) is 16.1. The zero-order valence-electron chi connectivity index (χ0n) is 12.5. The van der Waals surface area contributed by atoms with Gasteiger partial charge in [0.15, 0.2) is 12.5 Å². The first kappa shape index (κ1) is 17.9. The van der Waals surface area contributed by atoms with Gasteiger partial charge < -0.3 is 0 Å². The summed E-state index contributed by atoms with van der Waals surface area (Å²) in [6, 6.07) is 0. The average molecular weight is 279 g/mol. The summed E-state index contributed by atoms with van der Waals surface area (Å²) in [4.78, 5) is 4.16. The minimum Gasteiger partial charge on any atom is -0.275 e. The molecule has 2 unspecified atom stereocenters. The van der Waals surface area contributed by atoms with Crippen molar-refractivity contribution in [2.24, 2.45) is 0 Å². The minimum atomic E-state index is -2.08. The van der Waals surface area contributed by atoms with Crippen LogP contribution in [-0.4, -0.2) is 48.4 Å². The van der Waals surface area contributed by atoms with Gasteiger partial charge in [-0.25, -0.2) is 0 Å². The molecule has 6 heteroatoms. The van der Waals surface area contributed by atoms with Crippen LogP contribution in [0.25, 0.3) is 0 Å². The van der Waals surface area contributed by atoms with Gasteiger partial charge in [0.05, 0.1) is 0 Å². The van der Waals surface area contributed by atoms with Gasteiger partial charge in [0, 0.05) is 4.57 Å². The van der Waals surface area contributed by atoms with E-state index in [0.717, 1.165) is 26.2 Å². The van der Waals surface area contributed by atoms with E-state index in [-0.39, 0.29) is 12.5 Å². The fraction of sp³-hybridized carbons (Fsp3) is 1.00. The zero-order valence-corrected chi connectivity index (χ0v) is 13.4. The van der Waals surface area contributed by atoms with E-state index in [0.29, 0.717) is 0 Å². The lowest BCUT2D eigenvalue weighted by atomic mass is 10.5. The van der Waals surface area contributed by atoms with Crippen LogP contribution in [-0.2, 0) is 13.6 Å². The second kappa shape index (κ2) is 9.82. The molecule has 108 valence electrons. The Hall–Kier alpha value is -0.0600. The SMILES string of the molecule is CCN(CC)C(C)O[P+](=O)OC(C)N(CC)CC. The van der Waals surface area contributed by atoms with Gasteiger partial charge in [0.1, 0.15) is 0 Å². The van der Waals surface area contributed by atoms with E-state index in [2.05, 4.69) is 37.5 Å². The molecule has 0 aromatic carbocycles. The average Bonchev–Trinajstić information content (AvgIpc) is 2.31. The topological polar surface area (TPSA) is 42.0 Å². The largest absolute Gasteiger partial charge is 0.700 e. The standard InChI is InChI=1S/C12H28N2O3P/c1-7-13(8-2)11(5)16-18(15)17-12(6)14(9-3)10-4/h11-12H,7-10H2,1-6H3/q+1. The Balaban J connectivity index is 4.17. The van der Waals surface area contributed by atoms with Gasteiger partial charge >= 0.3 is 8.25 Å². The summed E-state index contributed by atoms with van der Waals surface area (Å²) in [5.41, 5.74) is 0. The van der Waals surface area contributed by atoms with Crippen LogP contribution in [0.2, 0.25) is 0 Å². The molecule has 2 atom stereocenters. The molecule has 18 heavy (non-hydrogen) atoms. The van der Waals surface area contributed by atoms with Crippen molar-refractivity contribution in [1.29, 1.82) is 0 Å². The number of nitrogens with zero attached hydrogens (tertiary/aromatic N) is 2. The maximum atomic E-state index is 11.8. The summed E-state index contributed by atoms with van der Waals surface area (Å²) in [6.45, 7) is 15.5. The van der Waals surface area contributed by atoms with Crippen LogP contribution in [0.1, 0.15) is 41.5 Å². The van der Waals surface area contributed by atoms with E-state index >= 15 is 0 Å². The Morgan fingerprint density at radius 1 is 0.833 bits per heavy atom. The highest BCUT2D eigenvalue weighted by atomic mass is 31.1. The van der Waals surface area contributed by atoms with Crippen molar-refractivity contribution in [2.45, 2.75) is 54.0 Å². The summed E-state index contributed by atoms with van der Waals surface area (Å²) in [7, 11) is -2.08. The summed E-state index contributed by atoms with van der Waals surface area (Å²) >= 11 is 0. The maximum absolute atomic E-state index is 11.8. The van der Waals surface area contributed by atoms with Gasteiger partial charge in [-0.3, -0.25) is 9.80 Å². The summed E-state index contributed by atoms with van der Waals surface area (Å²) in [5.74, 6) is 0. The first-order valence-electron chi connectivity index (χ1n) is 6.78. The van der Waals surface area contributed by atoms with Gasteiger partial charge in [0.2, 0.25) is 0 Å². The fourth-order valence-electron chi connectivity index (χ4n) is 1.88. The lowest BCUT2D eigenvalue weighted by Gasteiger charge is -2.23. The van der Waals surface area contributed by atoms with Crippen LogP contribution < -0.4 is 0 Å². The van der Waals surface area contributed by atoms with Crippen molar-refractivity contribution in [3.63, 3.8) is 0 Å². The molecule has 0 radical (unpaired) electrons. The molecule has 0 amide bonds. The van der Waals surface area contributed by atoms with Gasteiger partial charge in [-0.05, 0) is 40.0 Å². The van der Waals surface area contributed by atoms with E-state index in [1.807, 2.05) is 13.8 Å². The Kier molecular flexibility index (Phi) is 9.78. The molecule has 0 fully saturated rings. The second-order valence-electron chi connectivity index (χ2n) is 4.08. The summed E-state index contributed by atoms with van der Waals surface area (Å²) in [5, 5.41) is 0. The van der Waals surface area contributed by atoms with Crippen molar-refractivity contribution in [2.75, 3.05) is 26.2 Å². The first-order valence-corrected chi connectivity index (χ1v) is 7.88. The van der Waals surface area contributed by atoms with Gasteiger partial charge in [-0.1, -0.05) is 27.7 Å². The highest BCUT2D eigenvalue weighted by Crippen LogP contribution is 2.29. The molecular formula is C12H28N2O3P+. The van der Waals surface area contributed by atoms with Gasteiger partial charge in [-0.2, -0.15) is 0 Å². The van der Waals surface area contributed by atoms with Crippen molar-refractivity contribution < 1.29 is 13.6 Å². The van der Waals surface area contributed by atoms with Crippen LogP contribution in [0.4, 0.5) is 0 Å². The number of hydrogen-bond donors (Lipinski definition) is 0. The van der Waals surface area contributed by atoms with Gasteiger partial charge in [-0.15, -0.1) is 9.05 Å². The van der Waals surface area contributed by atoms with Crippen LogP contribution in [0.15, 0.2) is 0 Å². The van der Waals surface area contributed by atoms with E-state index in [1.54, 1.807) is 0 Å². The van der Waals surface area contributed by atoms with Crippen LogP contribution >= 0.6 is 8.25 Å². The number of hydrogen-bond acceptors (Lipinski definition) is 5. The highest BCUT2D eigenvalue weighted by Gasteiger charge is 2.31. The van der Waals surface area contributed by atoms with Crippen LogP contribution in [0.5, 0.6) is 0 Å². The third-order valence-corrected chi connectivity index (χ3v) is 4.08. The van der Waals surface area contributed by atoms with Crippen molar-refractivity contribution >= 4 is 8.25 Å². The molecule has 0 spiro atoms. The third kappa shape index (κ3) is 6.21. The predicted octanol–water partition coefficient (Wildman–Crippen LogP) is 3.05. The molecule has 0 aliphatic heterocycles. The molecule has 0 rings (SSSR count). The van der Waals surface area contributed by atoms with E-state index in [1.165, 1.54) is 0 Å². The monoisotopic (exact) mass is 279 g/mol. The first-order chi connectivity index (χ1) is 8.49. The maximum Gasteiger partial charge on any atom is 0.700 e. The Morgan fingerprint density at radius 2 is 1.11 bits per heavy atom. The van der Waals surface area contributed by atoms with E-state index < -0.39 is 8.25 Å². The highest BCUT2D eigenvalue weighted by molar-refractivity contribution is 7.33. The molecule has 0 aromatic rings. The Morgan fingerprint density at radius 3 is 1.33 bits per heavy atom. The van der Waals surface area contributed by atoms with Crippen molar-refractivity contribution in [3.8, 4) is 0 Å². The molecule has 0 heterocycles. The number of rotatable bonds is 10. The summed E-state index contributed by atoms with van der Waals surface area (Å²) < 4.78 is 22.6. The third-order valence-electron chi connectivity index (χ3n) is 3.13. The molecule has 0 saturated heterocycles.